The third-order valence-corrected chi connectivity index (χ3v) is 8.34. The Labute approximate surface area is 197 Å². The summed E-state index contributed by atoms with van der Waals surface area (Å²) in [7, 11) is 0. The minimum atomic E-state index is -0.352. The molecule has 0 unspecified atom stereocenters. The molecule has 0 bridgehead atoms. The number of aryl methyl sites for hydroxylation is 2. The molecule has 5 nitrogen and oxygen atoms in total. The number of thioether (sulfide) groups is 1. The Morgan fingerprint density at radius 1 is 1.28 bits per heavy atom. The van der Waals surface area contributed by atoms with Gasteiger partial charge in [0.1, 0.15) is 5.82 Å². The van der Waals surface area contributed by atoms with Gasteiger partial charge in [-0.1, -0.05) is 19.9 Å². The second kappa shape index (κ2) is 9.63. The number of nitrogens with one attached hydrogen (secondary N) is 2. The number of nitrogens with zero attached hydrogens (tertiary/aromatic N) is 1. The zero-order valence-electron chi connectivity index (χ0n) is 19.0. The lowest BCUT2D eigenvalue weighted by Gasteiger charge is -2.34. The quantitative estimate of drug-likeness (QED) is 0.531. The van der Waals surface area contributed by atoms with Crippen molar-refractivity contribution >= 4 is 40.6 Å². The molecule has 0 saturated heterocycles. The monoisotopic (exact) mass is 467 g/mol. The molecule has 32 heavy (non-hydrogen) atoms. The van der Waals surface area contributed by atoms with E-state index in [0.29, 0.717) is 17.8 Å². The number of hydrogen-bond donors (Lipinski definition) is 2. The van der Waals surface area contributed by atoms with Crippen LogP contribution in [0.5, 0.6) is 0 Å². The van der Waals surface area contributed by atoms with E-state index in [-0.39, 0.29) is 17.6 Å². The number of ketones is 1. The normalized spacial score (nSPS) is 18.5. The van der Waals surface area contributed by atoms with Gasteiger partial charge in [-0.15, -0.1) is 23.1 Å². The summed E-state index contributed by atoms with van der Waals surface area (Å²) in [4.78, 5) is 32.5. The van der Waals surface area contributed by atoms with Crippen molar-refractivity contribution in [2.24, 2.45) is 0 Å². The minimum absolute atomic E-state index is 0.145. The predicted octanol–water partition coefficient (Wildman–Crippen LogP) is 5.73. The van der Waals surface area contributed by atoms with E-state index in [4.69, 9.17) is 0 Å². The number of carbonyl (C=O) groups is 2. The first-order valence-electron chi connectivity index (χ1n) is 11.2. The Balaban J connectivity index is 1.83. The molecule has 2 N–H and O–H groups in total. The maximum atomic E-state index is 13.6. The molecule has 4 rings (SSSR count). The molecule has 0 fully saturated rings. The van der Waals surface area contributed by atoms with E-state index in [1.807, 2.05) is 26.0 Å². The second-order valence-corrected chi connectivity index (χ2v) is 10.8. The predicted molar refractivity (Wildman–Crippen MR) is 132 cm³/mol. The maximum Gasteiger partial charge on any atom is 0.255 e. The number of dihydropyridines is 1. The molecule has 1 aliphatic carbocycles. The Morgan fingerprint density at radius 3 is 2.81 bits per heavy atom. The SMILES string of the molecule is CCSc1sc(CC)cc1[C@H]1C(C(=O)Nc2cccc(C)n2)=C(C)NC2=C1C(=O)CCC2. The molecule has 0 spiro atoms. The number of rotatable bonds is 6. The van der Waals surface area contributed by atoms with Crippen molar-refractivity contribution in [2.45, 2.75) is 63.5 Å². The van der Waals surface area contributed by atoms with Crippen molar-refractivity contribution < 1.29 is 9.59 Å². The summed E-state index contributed by atoms with van der Waals surface area (Å²) in [5.74, 6) is 1.05. The van der Waals surface area contributed by atoms with Gasteiger partial charge in [0, 0.05) is 45.5 Å². The first-order chi connectivity index (χ1) is 15.4. The van der Waals surface area contributed by atoms with Crippen molar-refractivity contribution in [3.05, 3.63) is 62.9 Å². The maximum absolute atomic E-state index is 13.6. The van der Waals surface area contributed by atoms with E-state index in [1.165, 1.54) is 9.09 Å². The number of allylic oxidation sites excluding steroid dienone is 3. The Kier molecular flexibility index (Phi) is 6.86. The van der Waals surface area contributed by atoms with E-state index < -0.39 is 0 Å². The lowest BCUT2D eigenvalue weighted by molar-refractivity contribution is -0.116. The zero-order valence-corrected chi connectivity index (χ0v) is 20.6. The highest BCUT2D eigenvalue weighted by atomic mass is 32.2. The van der Waals surface area contributed by atoms with Crippen LogP contribution in [0.15, 0.2) is 51.0 Å². The summed E-state index contributed by atoms with van der Waals surface area (Å²) in [5, 5.41) is 6.38. The van der Waals surface area contributed by atoms with Crippen LogP contribution >= 0.6 is 23.1 Å². The van der Waals surface area contributed by atoms with Gasteiger partial charge in [-0.25, -0.2) is 4.98 Å². The molecule has 2 aromatic heterocycles. The van der Waals surface area contributed by atoms with E-state index in [1.54, 1.807) is 29.2 Å². The smallest absolute Gasteiger partial charge is 0.255 e. The lowest BCUT2D eigenvalue weighted by atomic mass is 9.75. The van der Waals surface area contributed by atoms with E-state index >= 15 is 0 Å². The van der Waals surface area contributed by atoms with Crippen molar-refractivity contribution in [1.82, 2.24) is 10.3 Å². The van der Waals surface area contributed by atoms with Crippen molar-refractivity contribution in [3.8, 4) is 0 Å². The summed E-state index contributed by atoms with van der Waals surface area (Å²) in [6.45, 7) is 8.12. The fourth-order valence-electron chi connectivity index (χ4n) is 4.45. The Hall–Kier alpha value is -2.38. The lowest BCUT2D eigenvalue weighted by Crippen LogP contribution is -2.35. The average Bonchev–Trinajstić information content (AvgIpc) is 3.16. The third kappa shape index (κ3) is 4.41. The van der Waals surface area contributed by atoms with E-state index in [0.717, 1.165) is 53.2 Å². The molecule has 2 aliphatic rings. The van der Waals surface area contributed by atoms with Gasteiger partial charge in [-0.2, -0.15) is 0 Å². The largest absolute Gasteiger partial charge is 0.362 e. The average molecular weight is 468 g/mol. The van der Waals surface area contributed by atoms with Crippen molar-refractivity contribution in [1.29, 1.82) is 0 Å². The number of Topliss-reactive ketones (excluding diaryl/α,β-unsaturated/α-hetero) is 1. The summed E-state index contributed by atoms with van der Waals surface area (Å²) >= 11 is 3.57. The fraction of sp³-hybridized carbons (Fsp3) is 0.400. The van der Waals surface area contributed by atoms with Crippen LogP contribution in [0.3, 0.4) is 0 Å². The van der Waals surface area contributed by atoms with Gasteiger partial charge >= 0.3 is 0 Å². The molecule has 0 radical (unpaired) electrons. The number of aromatic nitrogens is 1. The van der Waals surface area contributed by atoms with Crippen LogP contribution in [-0.4, -0.2) is 22.4 Å². The number of pyridine rings is 1. The molecule has 1 aliphatic heterocycles. The van der Waals surface area contributed by atoms with Crippen LogP contribution in [0.1, 0.15) is 62.1 Å². The van der Waals surface area contributed by atoms with Crippen LogP contribution in [0.2, 0.25) is 0 Å². The molecule has 0 saturated carbocycles. The first kappa shape index (κ1) is 22.8. The van der Waals surface area contributed by atoms with Gasteiger partial charge in [-0.3, -0.25) is 9.59 Å². The Bertz CT molecular complexity index is 1130. The highest BCUT2D eigenvalue weighted by Gasteiger charge is 2.40. The summed E-state index contributed by atoms with van der Waals surface area (Å²) in [5.41, 5.74) is 5.09. The van der Waals surface area contributed by atoms with Crippen molar-refractivity contribution in [2.75, 3.05) is 11.1 Å². The van der Waals surface area contributed by atoms with Gasteiger partial charge in [0.05, 0.1) is 4.21 Å². The van der Waals surface area contributed by atoms with E-state index in [2.05, 4.69) is 35.5 Å². The topological polar surface area (TPSA) is 71.1 Å². The van der Waals surface area contributed by atoms with Gasteiger partial charge < -0.3 is 10.6 Å². The van der Waals surface area contributed by atoms with Gasteiger partial charge in [-0.05, 0) is 62.6 Å². The molecular weight excluding hydrogens is 438 g/mol. The number of carbonyl (C=O) groups excluding carboxylic acids is 2. The summed E-state index contributed by atoms with van der Waals surface area (Å²) < 4.78 is 1.20. The van der Waals surface area contributed by atoms with Crippen LogP contribution < -0.4 is 10.6 Å². The zero-order chi connectivity index (χ0) is 22.8. The summed E-state index contributed by atoms with van der Waals surface area (Å²) in [6.07, 6.45) is 3.15. The molecule has 1 amide bonds. The number of thiophene rings is 1. The fourth-order valence-corrected chi connectivity index (χ4v) is 6.83. The first-order valence-corrected chi connectivity index (χ1v) is 13.0. The molecule has 2 aromatic rings. The highest BCUT2D eigenvalue weighted by Crippen LogP contribution is 2.47. The van der Waals surface area contributed by atoms with Gasteiger partial charge in [0.25, 0.3) is 5.91 Å². The molecule has 1 atom stereocenters. The van der Waals surface area contributed by atoms with Crippen LogP contribution in [-0.2, 0) is 16.0 Å². The molecule has 168 valence electrons. The van der Waals surface area contributed by atoms with Gasteiger partial charge in [0.15, 0.2) is 5.78 Å². The van der Waals surface area contributed by atoms with Gasteiger partial charge in [0.2, 0.25) is 0 Å². The molecule has 7 heteroatoms. The number of hydrogen-bond acceptors (Lipinski definition) is 6. The number of anilines is 1. The Morgan fingerprint density at radius 2 is 2.09 bits per heavy atom. The van der Waals surface area contributed by atoms with Crippen LogP contribution in [0.4, 0.5) is 5.82 Å². The molecular formula is C25H29N3O2S2. The summed E-state index contributed by atoms with van der Waals surface area (Å²) in [6, 6.07) is 7.77. The minimum Gasteiger partial charge on any atom is -0.362 e. The molecule has 0 aromatic carbocycles. The van der Waals surface area contributed by atoms with Crippen molar-refractivity contribution in [3.63, 3.8) is 0 Å². The van der Waals surface area contributed by atoms with Crippen LogP contribution in [0, 0.1) is 6.92 Å². The van der Waals surface area contributed by atoms with Crippen LogP contribution in [0.25, 0.3) is 0 Å². The van der Waals surface area contributed by atoms with E-state index in [9.17, 15) is 9.59 Å². The molecule has 3 heterocycles. The third-order valence-electron chi connectivity index (χ3n) is 5.86. The standard InChI is InChI=1S/C25H29N3O2S2/c1-5-16-13-17(25(32-16)31-6-2)22-21(24(30)28-20-12-7-9-14(3)26-20)15(4)27-18-10-8-11-19(29)23(18)22/h7,9,12-13,22,27H,5-6,8,10-11H2,1-4H3,(H,26,28,30)/t22-/m0/s1. The number of amides is 1. The highest BCUT2D eigenvalue weighted by molar-refractivity contribution is 8.01. The second-order valence-electron chi connectivity index (χ2n) is 8.13.